The minimum absolute atomic E-state index is 0.000384. The highest BCUT2D eigenvalue weighted by Crippen LogP contribution is 2.33. The van der Waals surface area contributed by atoms with Crippen LogP contribution in [0.5, 0.6) is 0 Å². The largest absolute Gasteiger partial charge is 0.378 e. The fourth-order valence-electron chi connectivity index (χ4n) is 10.8. The second-order valence-electron chi connectivity index (χ2n) is 19.9. The number of rotatable bonds is 13. The number of aromatic amines is 2. The third-order valence-electron chi connectivity index (χ3n) is 14.8. The first-order valence-electron chi connectivity index (χ1n) is 26.2. The van der Waals surface area contributed by atoms with Crippen molar-refractivity contribution >= 4 is 51.8 Å². The smallest absolute Gasteiger partial charge is 0.244 e. The van der Waals surface area contributed by atoms with Crippen molar-refractivity contribution in [3.63, 3.8) is 0 Å². The molecule has 5 aliphatic rings. The summed E-state index contributed by atoms with van der Waals surface area (Å²) in [6, 6.07) is 17.6. The number of ether oxygens (including phenoxy) is 1. The summed E-state index contributed by atoms with van der Waals surface area (Å²) in [6.45, 7) is 5.13. The summed E-state index contributed by atoms with van der Waals surface area (Å²) in [5.41, 5.74) is 12.4. The molecule has 14 rings (SSSR count). The van der Waals surface area contributed by atoms with Gasteiger partial charge in [-0.3, -0.25) is 19.0 Å². The number of carbonyl (C=O) groups is 2. The molecular formula is C53H55N21O3S. The third kappa shape index (κ3) is 10.6. The zero-order chi connectivity index (χ0) is 52.4. The average molecular weight is 1070 g/mol. The Morgan fingerprint density at radius 2 is 1.09 bits per heavy atom. The number of morpholine rings is 1. The van der Waals surface area contributed by atoms with Crippen LogP contribution in [0.4, 0.5) is 28.7 Å². The fourth-order valence-corrected chi connectivity index (χ4v) is 11.3. The number of hydrogen-bond acceptors (Lipinski definition) is 19. The number of nitrogens with one attached hydrogen (secondary N) is 5. The maximum atomic E-state index is 13.2. The lowest BCUT2D eigenvalue weighted by atomic mass is 10.1. The molecule has 2 amide bonds. The number of carbonyl (C=O) groups excluding carboxylic acids is 2. The van der Waals surface area contributed by atoms with E-state index in [1.54, 1.807) is 32.9 Å². The Morgan fingerprint density at radius 3 is 1.60 bits per heavy atom. The van der Waals surface area contributed by atoms with Crippen LogP contribution in [0, 0.1) is 0 Å². The van der Waals surface area contributed by atoms with Gasteiger partial charge >= 0.3 is 0 Å². The lowest BCUT2D eigenvalue weighted by molar-refractivity contribution is -0.133. The van der Waals surface area contributed by atoms with Gasteiger partial charge in [-0.25, -0.2) is 24.9 Å². The van der Waals surface area contributed by atoms with Gasteiger partial charge in [0.1, 0.15) is 24.5 Å². The molecule has 24 nitrogen and oxygen atoms in total. The molecule has 3 aliphatic heterocycles. The summed E-state index contributed by atoms with van der Waals surface area (Å²) >= 11 is 1.47. The topological polar surface area (TPSA) is 272 Å². The van der Waals surface area contributed by atoms with E-state index in [0.29, 0.717) is 75.1 Å². The molecule has 78 heavy (non-hydrogen) atoms. The summed E-state index contributed by atoms with van der Waals surface area (Å²) < 4.78 is 8.93. The Bertz CT molecular complexity index is 3500. The Labute approximate surface area is 451 Å². The second kappa shape index (κ2) is 21.6. The molecule has 0 bridgehead atoms. The summed E-state index contributed by atoms with van der Waals surface area (Å²) in [5, 5.41) is 44.3. The van der Waals surface area contributed by atoms with E-state index in [1.165, 1.54) is 33.6 Å². The van der Waals surface area contributed by atoms with Crippen molar-refractivity contribution in [2.75, 3.05) is 60.2 Å². The van der Waals surface area contributed by atoms with E-state index >= 15 is 0 Å². The van der Waals surface area contributed by atoms with E-state index in [0.717, 1.165) is 89.6 Å². The highest BCUT2D eigenvalue weighted by molar-refractivity contribution is 7.13. The molecule has 0 saturated carbocycles. The fraction of sp³-hybridized carbons (Fsp3) is 0.340. The number of nitrogens with zero attached hydrogens (tertiary/aromatic N) is 16. The van der Waals surface area contributed by atoms with Crippen LogP contribution in [0.3, 0.4) is 0 Å². The SMILES string of the molecule is O=C(Cn1cc(-c2cnc(NC3Cc4ccccc4C3)nc2)c(N2CCOCC2)n1)N1CCc2n[nH]nc2C1.O=C(Cn1cc(-c2cnc(NC3Cc4ccccc4C3)nc2)c(Nc2nccs2)n1)N1CCc2n[nH]nc2C1. The normalized spacial score (nSPS) is 16.0. The van der Waals surface area contributed by atoms with Gasteiger partial charge in [-0.2, -0.15) is 41.0 Å². The van der Waals surface area contributed by atoms with E-state index in [9.17, 15) is 9.59 Å². The molecule has 0 atom stereocenters. The number of amides is 2. The van der Waals surface area contributed by atoms with Crippen molar-refractivity contribution in [3.05, 3.63) is 142 Å². The number of anilines is 5. The maximum Gasteiger partial charge on any atom is 0.244 e. The summed E-state index contributed by atoms with van der Waals surface area (Å²) in [5.74, 6) is 2.58. The minimum atomic E-state index is -0.0353. The van der Waals surface area contributed by atoms with Gasteiger partial charge in [-0.15, -0.1) is 11.3 Å². The number of fused-ring (bicyclic) bond motifs is 4. The molecule has 10 heterocycles. The molecule has 7 aromatic heterocycles. The van der Waals surface area contributed by atoms with Crippen molar-refractivity contribution in [2.45, 2.75) is 76.8 Å². The zero-order valence-electron chi connectivity index (χ0n) is 42.5. The number of benzene rings is 2. The molecular weight excluding hydrogens is 1010 g/mol. The van der Waals surface area contributed by atoms with Crippen LogP contribution < -0.4 is 20.9 Å². The second-order valence-corrected chi connectivity index (χ2v) is 20.8. The summed E-state index contributed by atoms with van der Waals surface area (Å²) in [7, 11) is 0. The van der Waals surface area contributed by atoms with Crippen LogP contribution in [0.15, 0.2) is 97.3 Å². The lowest BCUT2D eigenvalue weighted by Crippen LogP contribution is -2.38. The zero-order valence-corrected chi connectivity index (χ0v) is 43.3. The standard InChI is InChI=1S/C27H30N10O2.C26H25N11OS/c38-25(36-6-5-23-24(16-36)32-34-31-23)17-37-15-22(26(33-37)35-7-9-39-10-8-35)20-13-28-27(29-14-20)30-21-11-18-3-1-2-4-19(18)12-21;38-23(36-7-5-21-22(14-36)33-35-32-21)15-37-13-20(24(34-37)31-26-27-6-8-39-26)18-11-28-25(29-12-18)30-19-9-16-3-1-2-4-17(16)10-19/h1-4,13-15,21H,5-12,16-17H2,(H,28,29,30)(H,31,32,34);1-4,6,8,11-13,19H,5,7,9-10,14-15H2,(H,27,31,34)(H,28,29,30)(H,32,33,35). The van der Waals surface area contributed by atoms with Gasteiger partial charge < -0.3 is 35.4 Å². The maximum absolute atomic E-state index is 13.2. The minimum Gasteiger partial charge on any atom is -0.378 e. The van der Waals surface area contributed by atoms with Gasteiger partial charge in [0, 0.05) is 122 Å². The predicted octanol–water partition coefficient (Wildman–Crippen LogP) is 4.28. The van der Waals surface area contributed by atoms with Crippen molar-refractivity contribution in [1.29, 1.82) is 0 Å². The van der Waals surface area contributed by atoms with Crippen LogP contribution in [0.2, 0.25) is 0 Å². The molecule has 0 unspecified atom stereocenters. The van der Waals surface area contributed by atoms with Crippen molar-refractivity contribution in [3.8, 4) is 22.3 Å². The van der Waals surface area contributed by atoms with Gasteiger partial charge in [-0.05, 0) is 47.9 Å². The van der Waals surface area contributed by atoms with Crippen molar-refractivity contribution in [2.24, 2.45) is 0 Å². The van der Waals surface area contributed by atoms with Gasteiger partial charge in [0.05, 0.1) is 37.7 Å². The lowest BCUT2D eigenvalue weighted by Gasteiger charge is -2.27. The van der Waals surface area contributed by atoms with Crippen LogP contribution in [0.25, 0.3) is 22.3 Å². The van der Waals surface area contributed by atoms with Gasteiger partial charge in [0.2, 0.25) is 23.7 Å². The number of thiazole rings is 1. The van der Waals surface area contributed by atoms with E-state index < -0.39 is 0 Å². The van der Waals surface area contributed by atoms with Crippen LogP contribution in [-0.2, 0) is 79.0 Å². The van der Waals surface area contributed by atoms with Crippen molar-refractivity contribution < 1.29 is 14.3 Å². The Balaban J connectivity index is 0.000000148. The van der Waals surface area contributed by atoms with Crippen LogP contribution in [0.1, 0.15) is 45.0 Å². The number of H-pyrrole nitrogens is 2. The highest BCUT2D eigenvalue weighted by Gasteiger charge is 2.29. The molecule has 0 spiro atoms. The van der Waals surface area contributed by atoms with E-state index in [1.807, 2.05) is 35.1 Å². The quantitative estimate of drug-likeness (QED) is 0.108. The van der Waals surface area contributed by atoms with E-state index in [2.05, 4.69) is 130 Å². The Kier molecular flexibility index (Phi) is 13.5. The molecule has 2 aliphatic carbocycles. The van der Waals surface area contributed by atoms with Gasteiger partial charge in [0.15, 0.2) is 16.8 Å². The first-order chi connectivity index (χ1) is 38.4. The first kappa shape index (κ1) is 48.7. The van der Waals surface area contributed by atoms with Gasteiger partial charge in [-0.1, -0.05) is 48.5 Å². The monoisotopic (exact) mass is 1070 g/mol. The number of aromatic nitrogens is 15. The van der Waals surface area contributed by atoms with Crippen LogP contribution >= 0.6 is 11.3 Å². The summed E-state index contributed by atoms with van der Waals surface area (Å²) in [6.07, 6.45) is 18.0. The molecule has 9 aromatic rings. The molecule has 2 aromatic carbocycles. The molecule has 1 fully saturated rings. The average Bonchev–Trinajstić information content (AvgIpc) is 4.37. The van der Waals surface area contributed by atoms with E-state index in [4.69, 9.17) is 9.84 Å². The molecule has 396 valence electrons. The molecule has 0 radical (unpaired) electrons. The molecule has 5 N–H and O–H groups in total. The predicted molar refractivity (Wildman–Crippen MR) is 288 cm³/mol. The summed E-state index contributed by atoms with van der Waals surface area (Å²) in [4.78, 5) is 54.8. The Morgan fingerprint density at radius 1 is 0.603 bits per heavy atom. The highest BCUT2D eigenvalue weighted by atomic mass is 32.1. The van der Waals surface area contributed by atoms with Gasteiger partial charge in [0.25, 0.3) is 0 Å². The molecule has 1 saturated heterocycles. The first-order valence-corrected chi connectivity index (χ1v) is 27.0. The number of hydrogen-bond donors (Lipinski definition) is 5. The van der Waals surface area contributed by atoms with E-state index in [-0.39, 0.29) is 37.0 Å². The van der Waals surface area contributed by atoms with Crippen LogP contribution in [-0.4, -0.2) is 148 Å². The third-order valence-corrected chi connectivity index (χ3v) is 15.5. The molecule has 25 heteroatoms. The van der Waals surface area contributed by atoms with Crippen molar-refractivity contribution in [1.82, 2.24) is 85.1 Å². The Hall–Kier alpha value is -8.97.